The first-order valence-electron chi connectivity index (χ1n) is 11.7. The quantitative estimate of drug-likeness (QED) is 0.439. The lowest BCUT2D eigenvalue weighted by molar-refractivity contribution is -0.0242. The van der Waals surface area contributed by atoms with Crippen molar-refractivity contribution in [3.8, 4) is 17.1 Å². The molecule has 1 aromatic carbocycles. The molecule has 0 N–H and O–H groups in total. The molecule has 1 aliphatic heterocycles. The largest absolute Gasteiger partial charge is 0.472 e. The summed E-state index contributed by atoms with van der Waals surface area (Å²) in [4.78, 5) is 31.5. The molecule has 8 nitrogen and oxygen atoms in total. The van der Waals surface area contributed by atoms with Gasteiger partial charge in [-0.1, -0.05) is 43.5 Å². The van der Waals surface area contributed by atoms with Crippen LogP contribution in [0, 0.1) is 0 Å². The minimum atomic E-state index is -0.545. The van der Waals surface area contributed by atoms with Crippen LogP contribution in [0.3, 0.4) is 0 Å². The molecule has 34 heavy (non-hydrogen) atoms. The van der Waals surface area contributed by atoms with Crippen molar-refractivity contribution in [1.82, 2.24) is 18.9 Å². The molecule has 4 rings (SSSR count). The molecule has 1 amide bonds. The van der Waals surface area contributed by atoms with Gasteiger partial charge in [0.1, 0.15) is 11.7 Å². The van der Waals surface area contributed by atoms with Crippen LogP contribution in [0.15, 0.2) is 41.3 Å². The standard InChI is InChI=1S/C25H31ClN4O4/c1-5-6-7-12-29-22(33-19-14-28(15-19)24(32)34-25(2,3)4)13-21(31)30-16-20(27-23(29)30)17-8-10-18(26)11-9-17/h8-11,13,16,19H,5-7,12,14-15H2,1-4H3. The number of nitrogens with zero attached hydrogens (tertiary/aromatic N) is 4. The van der Waals surface area contributed by atoms with Gasteiger partial charge in [-0.05, 0) is 39.3 Å². The van der Waals surface area contributed by atoms with Crippen molar-refractivity contribution in [1.29, 1.82) is 0 Å². The SMILES string of the molecule is CCCCCn1c(OC2CN(C(=O)OC(C)(C)C)C2)cc(=O)n2cc(-c3ccc(Cl)cc3)nc12. The average Bonchev–Trinajstić information content (AvgIpc) is 3.17. The monoisotopic (exact) mass is 486 g/mol. The number of ether oxygens (including phenoxy) is 2. The fourth-order valence-electron chi connectivity index (χ4n) is 3.82. The second-order valence-electron chi connectivity index (χ2n) is 9.61. The van der Waals surface area contributed by atoms with Gasteiger partial charge in [0.25, 0.3) is 5.56 Å². The summed E-state index contributed by atoms with van der Waals surface area (Å²) in [6, 6.07) is 8.87. The van der Waals surface area contributed by atoms with Gasteiger partial charge in [0, 0.05) is 23.3 Å². The maximum Gasteiger partial charge on any atom is 0.410 e. The van der Waals surface area contributed by atoms with Crippen LogP contribution in [-0.4, -0.2) is 49.7 Å². The van der Waals surface area contributed by atoms with E-state index in [2.05, 4.69) is 6.92 Å². The summed E-state index contributed by atoms with van der Waals surface area (Å²) < 4.78 is 15.1. The van der Waals surface area contributed by atoms with E-state index in [0.29, 0.717) is 42.0 Å². The van der Waals surface area contributed by atoms with Gasteiger partial charge < -0.3 is 14.4 Å². The van der Waals surface area contributed by atoms with E-state index in [1.165, 1.54) is 6.07 Å². The highest BCUT2D eigenvalue weighted by molar-refractivity contribution is 6.30. The average molecular weight is 487 g/mol. The van der Waals surface area contributed by atoms with Crippen LogP contribution in [-0.2, 0) is 11.3 Å². The number of aromatic nitrogens is 3. The topological polar surface area (TPSA) is 78.1 Å². The van der Waals surface area contributed by atoms with E-state index >= 15 is 0 Å². The summed E-state index contributed by atoms with van der Waals surface area (Å²) >= 11 is 6.02. The molecule has 1 saturated heterocycles. The van der Waals surface area contributed by atoms with Crippen molar-refractivity contribution in [2.45, 2.75) is 65.2 Å². The summed E-state index contributed by atoms with van der Waals surface area (Å²) in [5, 5.41) is 0.642. The molecule has 0 radical (unpaired) electrons. The van der Waals surface area contributed by atoms with Crippen LogP contribution >= 0.6 is 11.6 Å². The zero-order chi connectivity index (χ0) is 24.5. The molecule has 3 aromatic rings. The molecular weight excluding hydrogens is 456 g/mol. The zero-order valence-electron chi connectivity index (χ0n) is 20.1. The maximum atomic E-state index is 12.9. The van der Waals surface area contributed by atoms with E-state index < -0.39 is 5.60 Å². The van der Waals surface area contributed by atoms with Crippen LogP contribution < -0.4 is 10.3 Å². The number of imidazole rings is 1. The van der Waals surface area contributed by atoms with E-state index in [1.807, 2.05) is 37.5 Å². The highest BCUT2D eigenvalue weighted by atomic mass is 35.5. The minimum Gasteiger partial charge on any atom is -0.472 e. The Bertz CT molecular complexity index is 1220. The fourth-order valence-corrected chi connectivity index (χ4v) is 3.95. The number of carbonyl (C=O) groups excluding carboxylic acids is 1. The lowest BCUT2D eigenvalue weighted by atomic mass is 10.2. The first-order chi connectivity index (χ1) is 16.1. The Morgan fingerprint density at radius 3 is 2.53 bits per heavy atom. The predicted molar refractivity (Wildman–Crippen MR) is 132 cm³/mol. The van der Waals surface area contributed by atoms with Crippen molar-refractivity contribution in [2.24, 2.45) is 0 Å². The van der Waals surface area contributed by atoms with Crippen molar-refractivity contribution >= 4 is 23.5 Å². The highest BCUT2D eigenvalue weighted by Crippen LogP contribution is 2.25. The van der Waals surface area contributed by atoms with Crippen LogP contribution in [0.4, 0.5) is 4.79 Å². The molecule has 1 fully saturated rings. The molecule has 0 aliphatic carbocycles. The van der Waals surface area contributed by atoms with Gasteiger partial charge in [-0.15, -0.1) is 0 Å². The lowest BCUT2D eigenvalue weighted by Crippen LogP contribution is -2.57. The third-order valence-corrected chi connectivity index (χ3v) is 5.84. The van der Waals surface area contributed by atoms with Crippen molar-refractivity contribution in [2.75, 3.05) is 13.1 Å². The third kappa shape index (κ3) is 5.38. The summed E-state index contributed by atoms with van der Waals surface area (Å²) in [6.07, 6.45) is 4.24. The number of hydrogen-bond donors (Lipinski definition) is 0. The fraction of sp³-hybridized carbons (Fsp3) is 0.480. The molecule has 9 heteroatoms. The minimum absolute atomic E-state index is 0.211. The number of aryl methyl sites for hydroxylation is 1. The van der Waals surface area contributed by atoms with Crippen LogP contribution in [0.1, 0.15) is 47.0 Å². The third-order valence-electron chi connectivity index (χ3n) is 5.59. The number of amides is 1. The van der Waals surface area contributed by atoms with E-state index in [4.69, 9.17) is 26.1 Å². The Hall–Kier alpha value is -3.00. The Morgan fingerprint density at radius 2 is 1.88 bits per heavy atom. The molecule has 0 saturated carbocycles. The van der Waals surface area contributed by atoms with Gasteiger partial charge >= 0.3 is 6.09 Å². The summed E-state index contributed by atoms with van der Waals surface area (Å²) in [7, 11) is 0. The van der Waals surface area contributed by atoms with Gasteiger partial charge in [0.05, 0.1) is 24.8 Å². The van der Waals surface area contributed by atoms with Crippen molar-refractivity contribution in [3.63, 3.8) is 0 Å². The maximum absolute atomic E-state index is 12.9. The van der Waals surface area contributed by atoms with Crippen molar-refractivity contribution < 1.29 is 14.3 Å². The molecule has 0 bridgehead atoms. The Kier molecular flexibility index (Phi) is 6.89. The van der Waals surface area contributed by atoms with E-state index in [0.717, 1.165) is 24.8 Å². The van der Waals surface area contributed by atoms with Gasteiger partial charge in [-0.25, -0.2) is 9.78 Å². The van der Waals surface area contributed by atoms with Gasteiger partial charge in [0.15, 0.2) is 0 Å². The Labute approximate surface area is 204 Å². The Morgan fingerprint density at radius 1 is 1.18 bits per heavy atom. The molecular formula is C25H31ClN4O4. The number of benzene rings is 1. The first kappa shape index (κ1) is 24.1. The van der Waals surface area contributed by atoms with E-state index in [9.17, 15) is 9.59 Å². The number of carbonyl (C=O) groups is 1. The van der Waals surface area contributed by atoms with E-state index in [1.54, 1.807) is 27.6 Å². The zero-order valence-corrected chi connectivity index (χ0v) is 20.8. The van der Waals surface area contributed by atoms with Gasteiger partial charge in [-0.3, -0.25) is 13.8 Å². The molecule has 2 aromatic heterocycles. The normalized spacial score (nSPS) is 14.3. The van der Waals surface area contributed by atoms with E-state index in [-0.39, 0.29) is 17.8 Å². The van der Waals surface area contributed by atoms with Crippen LogP contribution in [0.2, 0.25) is 5.02 Å². The molecule has 0 atom stereocenters. The number of unbranched alkanes of at least 4 members (excludes halogenated alkanes) is 2. The van der Waals surface area contributed by atoms with Gasteiger partial charge in [-0.2, -0.15) is 0 Å². The molecule has 0 unspecified atom stereocenters. The van der Waals surface area contributed by atoms with Crippen LogP contribution in [0.5, 0.6) is 5.88 Å². The predicted octanol–water partition coefficient (Wildman–Crippen LogP) is 5.00. The second kappa shape index (κ2) is 9.70. The van der Waals surface area contributed by atoms with Crippen molar-refractivity contribution in [3.05, 3.63) is 51.9 Å². The Balaban J connectivity index is 1.60. The first-order valence-corrected chi connectivity index (χ1v) is 12.1. The molecule has 0 spiro atoms. The summed E-state index contributed by atoms with van der Waals surface area (Å²) in [5.41, 5.74) is 0.806. The highest BCUT2D eigenvalue weighted by Gasteiger charge is 2.35. The molecule has 182 valence electrons. The molecule has 1 aliphatic rings. The van der Waals surface area contributed by atoms with Gasteiger partial charge in [0.2, 0.25) is 11.7 Å². The summed E-state index contributed by atoms with van der Waals surface area (Å²) in [6.45, 7) is 9.16. The number of hydrogen-bond acceptors (Lipinski definition) is 5. The summed E-state index contributed by atoms with van der Waals surface area (Å²) in [5.74, 6) is 1.00. The number of likely N-dealkylation sites (tertiary alicyclic amines) is 1. The second-order valence-corrected chi connectivity index (χ2v) is 10.0. The number of fused-ring (bicyclic) bond motifs is 1. The van der Waals surface area contributed by atoms with Crippen LogP contribution in [0.25, 0.3) is 17.0 Å². The smallest absolute Gasteiger partial charge is 0.410 e. The number of rotatable bonds is 7. The molecule has 3 heterocycles. The lowest BCUT2D eigenvalue weighted by Gasteiger charge is -2.39. The number of halogens is 1.